The summed E-state index contributed by atoms with van der Waals surface area (Å²) in [6, 6.07) is 9.68. The summed E-state index contributed by atoms with van der Waals surface area (Å²) in [4.78, 5) is 18.4. The Hall–Kier alpha value is -2.85. The van der Waals surface area contributed by atoms with E-state index in [2.05, 4.69) is 15.0 Å². The fourth-order valence-corrected chi connectivity index (χ4v) is 4.64. The lowest BCUT2D eigenvalue weighted by Gasteiger charge is -2.20. The smallest absolute Gasteiger partial charge is 0.241 e. The average Bonchev–Trinajstić information content (AvgIpc) is 2.69. The van der Waals surface area contributed by atoms with Crippen molar-refractivity contribution in [3.05, 3.63) is 36.4 Å². The molecule has 1 amide bonds. The Morgan fingerprint density at radius 2 is 1.80 bits per heavy atom. The summed E-state index contributed by atoms with van der Waals surface area (Å²) in [5.74, 6) is -0.433. The van der Waals surface area contributed by atoms with Gasteiger partial charge in [-0.1, -0.05) is 24.3 Å². The van der Waals surface area contributed by atoms with E-state index >= 15 is 0 Å². The number of carbonyl (C=O) groups is 1. The fourth-order valence-electron chi connectivity index (χ4n) is 3.18. The van der Waals surface area contributed by atoms with E-state index in [9.17, 15) is 13.2 Å². The van der Waals surface area contributed by atoms with Crippen molar-refractivity contribution >= 4 is 38.3 Å². The molecular weight excluding hydrogens is 404 g/mol. The number of benzene rings is 2. The number of sulfonamides is 1. The first-order chi connectivity index (χ1) is 14.2. The molecule has 6 N–H and O–H groups in total. The third-order valence-corrected chi connectivity index (χ3v) is 6.07. The number of aliphatic imine (C=N–C) groups is 1. The molecule has 0 bridgehead atoms. The molecule has 1 atom stereocenters. The first-order valence-corrected chi connectivity index (χ1v) is 11.2. The van der Waals surface area contributed by atoms with Crippen LogP contribution in [0.15, 0.2) is 46.3 Å². The topological polar surface area (TPSA) is 143 Å². The van der Waals surface area contributed by atoms with Crippen LogP contribution in [0.4, 0.5) is 5.69 Å². The second kappa shape index (κ2) is 10.3. The van der Waals surface area contributed by atoms with Crippen molar-refractivity contribution in [3.8, 4) is 0 Å². The number of rotatable bonds is 10. The van der Waals surface area contributed by atoms with Gasteiger partial charge in [-0.05, 0) is 31.9 Å². The number of likely N-dealkylation sites (N-methyl/N-ethyl adjacent to an activating group) is 1. The van der Waals surface area contributed by atoms with E-state index in [0.29, 0.717) is 24.9 Å². The highest BCUT2D eigenvalue weighted by Crippen LogP contribution is 2.30. The second-order valence-electron chi connectivity index (χ2n) is 7.04. The number of hydrogen-bond donors (Lipinski definition) is 4. The third-order valence-electron chi connectivity index (χ3n) is 4.54. The zero-order valence-corrected chi connectivity index (χ0v) is 18.4. The van der Waals surface area contributed by atoms with Gasteiger partial charge in [0.2, 0.25) is 15.9 Å². The summed E-state index contributed by atoms with van der Waals surface area (Å²) in [7, 11) is -0.163. The van der Waals surface area contributed by atoms with Gasteiger partial charge in [-0.15, -0.1) is 0 Å². The van der Waals surface area contributed by atoms with Crippen LogP contribution in [0.5, 0.6) is 0 Å². The van der Waals surface area contributed by atoms with E-state index in [0.717, 1.165) is 11.1 Å². The lowest BCUT2D eigenvalue weighted by Crippen LogP contribution is -2.46. The molecule has 2 rings (SSSR count). The van der Waals surface area contributed by atoms with E-state index < -0.39 is 16.1 Å². The second-order valence-corrected chi connectivity index (χ2v) is 8.72. The number of fused-ring (bicyclic) bond motifs is 1. The van der Waals surface area contributed by atoms with Gasteiger partial charge in [-0.3, -0.25) is 9.79 Å². The zero-order chi connectivity index (χ0) is 22.3. The van der Waals surface area contributed by atoms with Crippen LogP contribution in [0.25, 0.3) is 10.8 Å². The van der Waals surface area contributed by atoms with Crippen molar-refractivity contribution in [2.24, 2.45) is 16.5 Å². The molecular formula is C20H30N6O3S. The highest BCUT2D eigenvalue weighted by molar-refractivity contribution is 7.89. The van der Waals surface area contributed by atoms with Gasteiger partial charge in [0.15, 0.2) is 5.96 Å². The van der Waals surface area contributed by atoms with Gasteiger partial charge in [-0.25, -0.2) is 8.42 Å². The molecule has 0 aliphatic rings. The number of anilines is 1. The van der Waals surface area contributed by atoms with Crippen molar-refractivity contribution in [1.29, 1.82) is 0 Å². The summed E-state index contributed by atoms with van der Waals surface area (Å²) in [5, 5.41) is 4.07. The Balaban J connectivity index is 2.36. The molecule has 0 fully saturated rings. The molecule has 2 aromatic carbocycles. The highest BCUT2D eigenvalue weighted by Gasteiger charge is 2.26. The van der Waals surface area contributed by atoms with Gasteiger partial charge < -0.3 is 21.7 Å². The summed E-state index contributed by atoms with van der Waals surface area (Å²) < 4.78 is 29.0. The van der Waals surface area contributed by atoms with Gasteiger partial charge in [0.05, 0.1) is 4.90 Å². The average molecular weight is 435 g/mol. The van der Waals surface area contributed by atoms with Crippen molar-refractivity contribution in [2.45, 2.75) is 30.7 Å². The molecule has 10 heteroatoms. The predicted molar refractivity (Wildman–Crippen MR) is 121 cm³/mol. The van der Waals surface area contributed by atoms with E-state index in [-0.39, 0.29) is 23.2 Å². The highest BCUT2D eigenvalue weighted by atomic mass is 32.2. The van der Waals surface area contributed by atoms with E-state index in [4.69, 9.17) is 11.5 Å². The van der Waals surface area contributed by atoms with Gasteiger partial charge in [-0.2, -0.15) is 4.72 Å². The van der Waals surface area contributed by atoms with Crippen molar-refractivity contribution in [3.63, 3.8) is 0 Å². The number of amides is 1. The van der Waals surface area contributed by atoms with Crippen LogP contribution < -0.4 is 26.4 Å². The van der Waals surface area contributed by atoms with Crippen LogP contribution in [-0.4, -0.2) is 53.5 Å². The van der Waals surface area contributed by atoms with Crippen LogP contribution in [0.2, 0.25) is 0 Å². The van der Waals surface area contributed by atoms with Crippen LogP contribution in [0, 0.1) is 0 Å². The summed E-state index contributed by atoms with van der Waals surface area (Å²) in [5.41, 5.74) is 11.5. The van der Waals surface area contributed by atoms with Gasteiger partial charge in [0.25, 0.3) is 0 Å². The molecule has 30 heavy (non-hydrogen) atoms. The maximum atomic E-state index is 13.2. The Kier molecular flexibility index (Phi) is 8.01. The normalized spacial score (nSPS) is 12.4. The predicted octanol–water partition coefficient (Wildman–Crippen LogP) is 0.742. The Bertz CT molecular complexity index is 1020. The molecule has 2 aromatic rings. The minimum atomic E-state index is -3.96. The number of nitrogens with one attached hydrogen (secondary N) is 2. The minimum absolute atomic E-state index is 0.0439. The van der Waals surface area contributed by atoms with E-state index in [1.165, 1.54) is 6.07 Å². The van der Waals surface area contributed by atoms with Crippen LogP contribution in [0.3, 0.4) is 0 Å². The molecule has 9 nitrogen and oxygen atoms in total. The molecule has 0 saturated heterocycles. The fraction of sp³-hybridized carbons (Fsp3) is 0.400. The molecule has 0 radical (unpaired) electrons. The van der Waals surface area contributed by atoms with Gasteiger partial charge in [0, 0.05) is 43.6 Å². The van der Waals surface area contributed by atoms with Crippen molar-refractivity contribution < 1.29 is 13.2 Å². The van der Waals surface area contributed by atoms with E-state index in [1.807, 2.05) is 37.2 Å². The lowest BCUT2D eigenvalue weighted by atomic mass is 10.1. The number of carbonyl (C=O) groups excluding carboxylic acids is 1. The first-order valence-electron chi connectivity index (χ1n) is 9.72. The lowest BCUT2D eigenvalue weighted by molar-refractivity contribution is -0.122. The SMILES string of the molecule is CCNC(=O)C(CCCN=C(N)N)NS(=O)(=O)c1cccc2c(N(C)C)cccc12. The Morgan fingerprint density at radius 1 is 1.13 bits per heavy atom. The molecule has 0 heterocycles. The number of guanidine groups is 1. The first kappa shape index (κ1) is 23.4. The summed E-state index contributed by atoms with van der Waals surface area (Å²) in [6.07, 6.45) is 0.706. The summed E-state index contributed by atoms with van der Waals surface area (Å²) in [6.45, 7) is 2.47. The Morgan fingerprint density at radius 3 is 2.43 bits per heavy atom. The maximum absolute atomic E-state index is 13.2. The molecule has 1 unspecified atom stereocenters. The van der Waals surface area contributed by atoms with Gasteiger partial charge in [0.1, 0.15) is 6.04 Å². The van der Waals surface area contributed by atoms with Crippen LogP contribution in [-0.2, 0) is 14.8 Å². The molecule has 0 saturated carbocycles. The number of nitrogens with two attached hydrogens (primary N) is 2. The Labute approximate surface area is 177 Å². The molecule has 0 spiro atoms. The van der Waals surface area contributed by atoms with Crippen LogP contribution in [0.1, 0.15) is 19.8 Å². The monoisotopic (exact) mass is 434 g/mol. The zero-order valence-electron chi connectivity index (χ0n) is 17.6. The number of hydrogen-bond acceptors (Lipinski definition) is 5. The minimum Gasteiger partial charge on any atom is -0.377 e. The molecule has 164 valence electrons. The van der Waals surface area contributed by atoms with Crippen LogP contribution >= 0.6 is 0 Å². The largest absolute Gasteiger partial charge is 0.377 e. The number of nitrogens with zero attached hydrogens (tertiary/aromatic N) is 2. The molecule has 0 aliphatic heterocycles. The molecule has 0 aliphatic carbocycles. The van der Waals surface area contributed by atoms with Crippen molar-refractivity contribution in [2.75, 3.05) is 32.1 Å². The van der Waals surface area contributed by atoms with Gasteiger partial charge >= 0.3 is 0 Å². The molecule has 0 aromatic heterocycles. The van der Waals surface area contributed by atoms with E-state index in [1.54, 1.807) is 19.1 Å². The standard InChI is InChI=1S/C20H30N6O3S/c1-4-23-19(27)16(10-7-13-24-20(21)22)25-30(28,29)18-12-6-8-14-15(18)9-5-11-17(14)26(2)3/h5-6,8-9,11-12,16,25H,4,7,10,13H2,1-3H3,(H,23,27)(H4,21,22,24). The maximum Gasteiger partial charge on any atom is 0.241 e. The quantitative estimate of drug-likeness (QED) is 0.247. The third kappa shape index (κ3) is 5.83. The van der Waals surface area contributed by atoms with Crippen molar-refractivity contribution in [1.82, 2.24) is 10.0 Å². The summed E-state index contributed by atoms with van der Waals surface area (Å²) >= 11 is 0.